The zero-order chi connectivity index (χ0) is 8.39. The van der Waals surface area contributed by atoms with Gasteiger partial charge < -0.3 is 5.73 Å². The molecular weight excluding hydrogens is 146 g/mol. The average molecular weight is 161 g/mol. The Morgan fingerprint density at radius 1 is 1.25 bits per heavy atom. The van der Waals surface area contributed by atoms with E-state index >= 15 is 0 Å². The van der Waals surface area contributed by atoms with Crippen LogP contribution in [0.4, 0.5) is 0 Å². The summed E-state index contributed by atoms with van der Waals surface area (Å²) in [5.41, 5.74) is 8.85. The molecule has 0 spiro atoms. The van der Waals surface area contributed by atoms with Gasteiger partial charge in [-0.2, -0.15) is 0 Å². The van der Waals surface area contributed by atoms with E-state index in [-0.39, 0.29) is 6.04 Å². The molecule has 0 saturated carbocycles. The summed E-state index contributed by atoms with van der Waals surface area (Å²) >= 11 is 0. The molecule has 0 aliphatic heterocycles. The lowest BCUT2D eigenvalue weighted by Gasteiger charge is -2.21. The first-order valence-corrected chi connectivity index (χ1v) is 4.69. The lowest BCUT2D eigenvalue weighted by Crippen LogP contribution is -2.25. The van der Waals surface area contributed by atoms with Crippen molar-refractivity contribution in [2.24, 2.45) is 5.73 Å². The fourth-order valence-corrected chi connectivity index (χ4v) is 1.94. The number of rotatable bonds is 0. The normalized spacial score (nSPS) is 28.6. The fraction of sp³-hybridized carbons (Fsp3) is 0.455. The maximum absolute atomic E-state index is 6.02. The molecule has 1 atom stereocenters. The average Bonchev–Trinajstić information content (AvgIpc) is 2.30. The van der Waals surface area contributed by atoms with Crippen LogP contribution in [-0.4, -0.2) is 6.04 Å². The lowest BCUT2D eigenvalue weighted by molar-refractivity contribution is 0.613. The quantitative estimate of drug-likeness (QED) is 0.579. The second kappa shape index (κ2) is 3.28. The molecular formula is C11H15N. The van der Waals surface area contributed by atoms with Crippen LogP contribution in [0.5, 0.6) is 0 Å². The largest absolute Gasteiger partial charge is 0.324 e. The third kappa shape index (κ3) is 1.37. The minimum atomic E-state index is 0.285. The second-order valence-corrected chi connectivity index (χ2v) is 3.52. The van der Waals surface area contributed by atoms with Crippen molar-refractivity contribution in [2.75, 3.05) is 0 Å². The van der Waals surface area contributed by atoms with Crippen LogP contribution in [0.25, 0.3) is 0 Å². The van der Waals surface area contributed by atoms with Crippen LogP contribution < -0.4 is 5.73 Å². The summed E-state index contributed by atoms with van der Waals surface area (Å²) < 4.78 is 0. The molecule has 2 rings (SSSR count). The van der Waals surface area contributed by atoms with E-state index in [4.69, 9.17) is 5.73 Å². The highest BCUT2D eigenvalue weighted by atomic mass is 14.6. The van der Waals surface area contributed by atoms with E-state index in [1.54, 1.807) is 0 Å². The summed E-state index contributed by atoms with van der Waals surface area (Å²) in [4.78, 5) is 0. The van der Waals surface area contributed by atoms with Gasteiger partial charge >= 0.3 is 0 Å². The second-order valence-electron chi connectivity index (χ2n) is 3.52. The molecule has 0 aromatic carbocycles. The van der Waals surface area contributed by atoms with Crippen LogP contribution in [0.2, 0.25) is 0 Å². The van der Waals surface area contributed by atoms with E-state index in [2.05, 4.69) is 24.3 Å². The van der Waals surface area contributed by atoms with Crippen molar-refractivity contribution in [1.82, 2.24) is 0 Å². The van der Waals surface area contributed by atoms with Crippen molar-refractivity contribution >= 4 is 0 Å². The summed E-state index contributed by atoms with van der Waals surface area (Å²) in [6, 6.07) is 0.285. The summed E-state index contributed by atoms with van der Waals surface area (Å²) in [5, 5.41) is 0. The van der Waals surface area contributed by atoms with E-state index in [0.717, 1.165) is 12.8 Å². The highest BCUT2D eigenvalue weighted by Crippen LogP contribution is 2.27. The van der Waals surface area contributed by atoms with Crippen molar-refractivity contribution in [2.45, 2.75) is 31.7 Å². The van der Waals surface area contributed by atoms with Gasteiger partial charge in [-0.25, -0.2) is 0 Å². The Balaban J connectivity index is 2.36. The van der Waals surface area contributed by atoms with Gasteiger partial charge in [0, 0.05) is 6.04 Å². The Kier molecular flexibility index (Phi) is 2.13. The van der Waals surface area contributed by atoms with Gasteiger partial charge in [0.2, 0.25) is 0 Å². The van der Waals surface area contributed by atoms with Crippen molar-refractivity contribution < 1.29 is 0 Å². The summed E-state index contributed by atoms with van der Waals surface area (Å²) in [6.45, 7) is 0. The van der Waals surface area contributed by atoms with Crippen LogP contribution in [0.1, 0.15) is 25.7 Å². The van der Waals surface area contributed by atoms with Crippen molar-refractivity contribution in [3.63, 3.8) is 0 Å². The molecule has 64 valence electrons. The molecule has 1 nitrogen and oxygen atoms in total. The SMILES string of the molecule is NC1CCCC2=C1C=CCC=C2. The molecule has 0 aromatic rings. The highest BCUT2D eigenvalue weighted by Gasteiger charge is 2.16. The third-order valence-electron chi connectivity index (χ3n) is 2.62. The molecule has 0 aromatic heterocycles. The Morgan fingerprint density at radius 2 is 2.08 bits per heavy atom. The van der Waals surface area contributed by atoms with E-state index in [1.807, 2.05) is 0 Å². The Labute approximate surface area is 73.6 Å². The zero-order valence-electron chi connectivity index (χ0n) is 7.29. The van der Waals surface area contributed by atoms with Crippen LogP contribution in [0.3, 0.4) is 0 Å². The molecule has 0 heterocycles. The predicted octanol–water partition coefficient (Wildman–Crippen LogP) is 2.31. The lowest BCUT2D eigenvalue weighted by atomic mass is 9.88. The topological polar surface area (TPSA) is 26.0 Å². The number of hydrogen-bond acceptors (Lipinski definition) is 1. The molecule has 0 fully saturated rings. The first kappa shape index (κ1) is 7.81. The van der Waals surface area contributed by atoms with Gasteiger partial charge in [-0.15, -0.1) is 0 Å². The van der Waals surface area contributed by atoms with Gasteiger partial charge in [-0.1, -0.05) is 24.3 Å². The molecule has 1 unspecified atom stereocenters. The minimum absolute atomic E-state index is 0.285. The Morgan fingerprint density at radius 3 is 3.00 bits per heavy atom. The van der Waals surface area contributed by atoms with Crippen LogP contribution in [0, 0.1) is 0 Å². The number of allylic oxidation sites excluding steroid dienone is 4. The maximum atomic E-state index is 6.02. The van der Waals surface area contributed by atoms with E-state index < -0.39 is 0 Å². The third-order valence-corrected chi connectivity index (χ3v) is 2.62. The smallest absolute Gasteiger partial charge is 0.0297 e. The molecule has 0 bridgehead atoms. The highest BCUT2D eigenvalue weighted by molar-refractivity contribution is 5.40. The molecule has 0 saturated heterocycles. The van der Waals surface area contributed by atoms with E-state index in [0.29, 0.717) is 0 Å². The van der Waals surface area contributed by atoms with E-state index in [1.165, 1.54) is 24.0 Å². The molecule has 2 N–H and O–H groups in total. The first-order chi connectivity index (χ1) is 5.88. The summed E-state index contributed by atoms with van der Waals surface area (Å²) in [7, 11) is 0. The first-order valence-electron chi connectivity index (χ1n) is 4.69. The van der Waals surface area contributed by atoms with Crippen LogP contribution in [-0.2, 0) is 0 Å². The van der Waals surface area contributed by atoms with Gasteiger partial charge in [-0.05, 0) is 36.8 Å². The van der Waals surface area contributed by atoms with Crippen molar-refractivity contribution in [1.29, 1.82) is 0 Å². The molecule has 1 heteroatoms. The van der Waals surface area contributed by atoms with Gasteiger partial charge in [0.05, 0.1) is 0 Å². The fourth-order valence-electron chi connectivity index (χ4n) is 1.94. The van der Waals surface area contributed by atoms with Gasteiger partial charge in [0.25, 0.3) is 0 Å². The maximum Gasteiger partial charge on any atom is 0.0297 e. The predicted molar refractivity (Wildman–Crippen MR) is 51.7 cm³/mol. The van der Waals surface area contributed by atoms with Gasteiger partial charge in [0.15, 0.2) is 0 Å². The van der Waals surface area contributed by atoms with E-state index in [9.17, 15) is 0 Å². The Hall–Kier alpha value is -0.820. The minimum Gasteiger partial charge on any atom is -0.324 e. The van der Waals surface area contributed by atoms with Gasteiger partial charge in [-0.3, -0.25) is 0 Å². The number of hydrogen-bond donors (Lipinski definition) is 1. The summed E-state index contributed by atoms with van der Waals surface area (Å²) in [6.07, 6.45) is 13.5. The number of nitrogens with two attached hydrogens (primary N) is 1. The monoisotopic (exact) mass is 161 g/mol. The van der Waals surface area contributed by atoms with Crippen LogP contribution >= 0.6 is 0 Å². The Bertz CT molecular complexity index is 258. The molecule has 0 amide bonds. The van der Waals surface area contributed by atoms with Crippen molar-refractivity contribution in [3.8, 4) is 0 Å². The standard InChI is InChI=1S/C11H15N/c12-11-8-4-6-9-5-2-1-3-7-10(9)11/h2-3,5,7,11H,1,4,6,8,12H2. The van der Waals surface area contributed by atoms with Crippen LogP contribution in [0.15, 0.2) is 35.5 Å². The molecule has 12 heavy (non-hydrogen) atoms. The van der Waals surface area contributed by atoms with Crippen molar-refractivity contribution in [3.05, 3.63) is 35.5 Å². The summed E-state index contributed by atoms with van der Waals surface area (Å²) in [5.74, 6) is 0. The molecule has 2 aliphatic carbocycles. The van der Waals surface area contributed by atoms with Gasteiger partial charge in [0.1, 0.15) is 0 Å². The zero-order valence-corrected chi connectivity index (χ0v) is 7.29. The molecule has 0 radical (unpaired) electrons. The molecule has 2 aliphatic rings.